The van der Waals surface area contributed by atoms with Crippen molar-refractivity contribution in [1.82, 2.24) is 29.6 Å². The smallest absolute Gasteiger partial charge is 0.451 e. The summed E-state index contributed by atoms with van der Waals surface area (Å²) in [6.07, 6.45) is -1.19. The van der Waals surface area contributed by atoms with Crippen LogP contribution in [0.2, 0.25) is 0 Å². The van der Waals surface area contributed by atoms with Crippen LogP contribution in [-0.4, -0.2) is 74.4 Å². The van der Waals surface area contributed by atoms with Crippen molar-refractivity contribution in [2.75, 3.05) is 37.7 Å². The Labute approximate surface area is 232 Å². The first-order chi connectivity index (χ1) is 19.2. The van der Waals surface area contributed by atoms with E-state index in [1.165, 1.54) is 16.2 Å². The van der Waals surface area contributed by atoms with Crippen molar-refractivity contribution in [2.45, 2.75) is 58.8 Å². The lowest BCUT2D eigenvalue weighted by Gasteiger charge is -2.29. The molecular formula is C25H30F3N7O4S. The number of carbonyl (C=O) groups excluding carboxylic acids is 2. The minimum atomic E-state index is -4.58. The van der Waals surface area contributed by atoms with E-state index in [2.05, 4.69) is 27.1 Å². The second kappa shape index (κ2) is 11.6. The van der Waals surface area contributed by atoms with Crippen LogP contribution in [0.15, 0.2) is 6.07 Å². The Morgan fingerprint density at radius 1 is 1.18 bits per heavy atom. The zero-order valence-corrected chi connectivity index (χ0v) is 23.1. The fraction of sp³-hybridized carbons (Fsp3) is 0.600. The van der Waals surface area contributed by atoms with Gasteiger partial charge in [-0.05, 0) is 32.3 Å². The largest absolute Gasteiger partial charge is 0.465 e. The maximum atomic E-state index is 13.3. The van der Waals surface area contributed by atoms with Crippen molar-refractivity contribution in [3.8, 4) is 6.01 Å². The molecule has 4 heterocycles. The molecule has 0 radical (unpaired) electrons. The first-order valence-corrected chi connectivity index (χ1v) is 14.1. The number of rotatable bonds is 11. The Bertz CT molecular complexity index is 1390. The third kappa shape index (κ3) is 6.13. The molecule has 1 saturated carbocycles. The topological polar surface area (TPSA) is 116 Å². The standard InChI is InChI=1S/C25H30F3N7O4S/c1-3-5-16-12-17-20(33-8-9-35-18(13-33)31-32-23(35)25(26,27)28)29-24(30-21(17)40-16)39-11-10-34(14-19(36)38-4-2)22(37)15-6-7-15/h12,15H,3-11,13-14H2,1-2H3. The van der Waals surface area contributed by atoms with Gasteiger partial charge in [-0.1, -0.05) is 13.3 Å². The highest BCUT2D eigenvalue weighted by molar-refractivity contribution is 7.18. The van der Waals surface area contributed by atoms with Crippen LogP contribution in [-0.2, 0) is 40.0 Å². The quantitative estimate of drug-likeness (QED) is 0.314. The van der Waals surface area contributed by atoms with Gasteiger partial charge >= 0.3 is 18.2 Å². The number of alkyl halides is 3. The third-order valence-electron chi connectivity index (χ3n) is 6.66. The SMILES string of the molecule is CCCc1cc2c(N3CCn4c(nnc4C(F)(F)F)C3)nc(OCCN(CC(=O)OCC)C(=O)C3CC3)nc2s1. The molecule has 3 aromatic rings. The summed E-state index contributed by atoms with van der Waals surface area (Å²) in [5.74, 6) is -0.926. The Balaban J connectivity index is 1.36. The molecule has 1 aliphatic carbocycles. The highest BCUT2D eigenvalue weighted by Gasteiger charge is 2.40. The molecule has 3 aromatic heterocycles. The number of thiophene rings is 1. The maximum Gasteiger partial charge on any atom is 0.451 e. The molecule has 1 fully saturated rings. The molecule has 1 amide bonds. The Morgan fingerprint density at radius 3 is 2.67 bits per heavy atom. The molecule has 5 rings (SSSR count). The summed E-state index contributed by atoms with van der Waals surface area (Å²) >= 11 is 1.51. The second-order valence-electron chi connectivity index (χ2n) is 9.71. The molecule has 40 heavy (non-hydrogen) atoms. The van der Waals surface area contributed by atoms with Crippen molar-refractivity contribution in [1.29, 1.82) is 0 Å². The van der Waals surface area contributed by atoms with Crippen LogP contribution in [0.1, 0.15) is 49.6 Å². The van der Waals surface area contributed by atoms with E-state index < -0.39 is 18.0 Å². The van der Waals surface area contributed by atoms with Crippen molar-refractivity contribution >= 4 is 39.2 Å². The Morgan fingerprint density at radius 2 is 1.98 bits per heavy atom. The summed E-state index contributed by atoms with van der Waals surface area (Å²) in [6, 6.07) is 2.10. The van der Waals surface area contributed by atoms with Crippen molar-refractivity contribution < 1.29 is 32.2 Å². The highest BCUT2D eigenvalue weighted by Crippen LogP contribution is 2.36. The summed E-state index contributed by atoms with van der Waals surface area (Å²) in [7, 11) is 0. The molecular weight excluding hydrogens is 551 g/mol. The third-order valence-corrected chi connectivity index (χ3v) is 7.75. The van der Waals surface area contributed by atoms with Crippen LogP contribution in [0.25, 0.3) is 10.2 Å². The predicted octanol–water partition coefficient (Wildman–Crippen LogP) is 3.45. The second-order valence-corrected chi connectivity index (χ2v) is 10.8. The summed E-state index contributed by atoms with van der Waals surface area (Å²) in [4.78, 5) is 39.0. The molecule has 0 aromatic carbocycles. The molecule has 1 aliphatic heterocycles. The van der Waals surface area contributed by atoms with Crippen LogP contribution >= 0.6 is 11.3 Å². The van der Waals surface area contributed by atoms with Gasteiger partial charge in [0.05, 0.1) is 25.1 Å². The first-order valence-electron chi connectivity index (χ1n) is 13.3. The van der Waals surface area contributed by atoms with Crippen LogP contribution in [0.3, 0.4) is 0 Å². The molecule has 0 bridgehead atoms. The van der Waals surface area contributed by atoms with Gasteiger partial charge in [-0.2, -0.15) is 23.1 Å². The number of fused-ring (bicyclic) bond motifs is 2. The molecule has 0 saturated heterocycles. The average molecular weight is 582 g/mol. The van der Waals surface area contributed by atoms with E-state index in [0.717, 1.165) is 40.5 Å². The van der Waals surface area contributed by atoms with Crippen molar-refractivity contribution in [3.05, 3.63) is 22.6 Å². The number of halogens is 3. The fourth-order valence-electron chi connectivity index (χ4n) is 4.63. The van der Waals surface area contributed by atoms with Gasteiger partial charge < -0.3 is 23.8 Å². The molecule has 11 nitrogen and oxygen atoms in total. The zero-order chi connectivity index (χ0) is 28.4. The van der Waals surface area contributed by atoms with E-state index in [0.29, 0.717) is 10.6 Å². The average Bonchev–Trinajstić information content (AvgIpc) is 3.53. The van der Waals surface area contributed by atoms with Gasteiger partial charge in [0.15, 0.2) is 5.82 Å². The van der Waals surface area contributed by atoms with Crippen LogP contribution < -0.4 is 9.64 Å². The summed E-state index contributed by atoms with van der Waals surface area (Å²) in [5.41, 5.74) is 0. The zero-order valence-electron chi connectivity index (χ0n) is 22.2. The lowest BCUT2D eigenvalue weighted by atomic mass is 10.2. The Kier molecular flexibility index (Phi) is 8.10. The molecule has 2 aliphatic rings. The number of ether oxygens (including phenoxy) is 2. The lowest BCUT2D eigenvalue weighted by Crippen LogP contribution is -2.40. The minimum Gasteiger partial charge on any atom is -0.465 e. The number of aryl methyl sites for hydroxylation is 1. The van der Waals surface area contributed by atoms with Gasteiger partial charge in [-0.25, -0.2) is 0 Å². The van der Waals surface area contributed by atoms with E-state index in [-0.39, 0.29) is 69.6 Å². The van der Waals surface area contributed by atoms with Crippen LogP contribution in [0.4, 0.5) is 19.0 Å². The number of amides is 1. The maximum absolute atomic E-state index is 13.3. The van der Waals surface area contributed by atoms with Gasteiger partial charge in [0, 0.05) is 23.9 Å². The van der Waals surface area contributed by atoms with E-state index in [1.54, 1.807) is 6.92 Å². The van der Waals surface area contributed by atoms with E-state index in [4.69, 9.17) is 9.47 Å². The lowest BCUT2D eigenvalue weighted by molar-refractivity contribution is -0.149. The van der Waals surface area contributed by atoms with Gasteiger partial charge in [0.25, 0.3) is 0 Å². The number of hydrogen-bond donors (Lipinski definition) is 0. The van der Waals surface area contributed by atoms with Gasteiger partial charge in [-0.3, -0.25) is 9.59 Å². The monoisotopic (exact) mass is 581 g/mol. The van der Waals surface area contributed by atoms with Gasteiger partial charge in [0.1, 0.15) is 23.8 Å². The predicted molar refractivity (Wildman–Crippen MR) is 139 cm³/mol. The van der Waals surface area contributed by atoms with Gasteiger partial charge in [0.2, 0.25) is 11.7 Å². The molecule has 0 N–H and O–H groups in total. The van der Waals surface area contributed by atoms with Crippen molar-refractivity contribution in [3.63, 3.8) is 0 Å². The summed E-state index contributed by atoms with van der Waals surface area (Å²) < 4.78 is 52.0. The number of hydrogen-bond acceptors (Lipinski definition) is 10. The van der Waals surface area contributed by atoms with Crippen molar-refractivity contribution in [2.24, 2.45) is 5.92 Å². The van der Waals surface area contributed by atoms with Crippen LogP contribution in [0, 0.1) is 5.92 Å². The molecule has 0 unspecified atom stereocenters. The summed E-state index contributed by atoms with van der Waals surface area (Å²) in [6.45, 7) is 4.47. The van der Waals surface area contributed by atoms with Gasteiger partial charge in [-0.15, -0.1) is 21.5 Å². The minimum absolute atomic E-state index is 0.0525. The normalized spacial score (nSPS) is 15.3. The summed E-state index contributed by atoms with van der Waals surface area (Å²) in [5, 5.41) is 7.94. The Hall–Kier alpha value is -3.49. The van der Waals surface area contributed by atoms with Crippen LogP contribution in [0.5, 0.6) is 6.01 Å². The van der Waals surface area contributed by atoms with E-state index in [1.807, 2.05) is 11.0 Å². The molecule has 15 heteroatoms. The number of carbonyl (C=O) groups is 2. The van der Waals surface area contributed by atoms with E-state index >= 15 is 0 Å². The number of anilines is 1. The molecule has 0 spiro atoms. The highest BCUT2D eigenvalue weighted by atomic mass is 32.1. The number of esters is 1. The fourth-order valence-corrected chi connectivity index (χ4v) is 5.74. The molecule has 0 atom stereocenters. The molecule has 216 valence electrons. The first kappa shape index (κ1) is 28.1. The number of aromatic nitrogens is 5. The van der Waals surface area contributed by atoms with E-state index in [9.17, 15) is 22.8 Å². The number of nitrogens with zero attached hydrogens (tertiary/aromatic N) is 7.